The Kier molecular flexibility index (Phi) is 7.44. The van der Waals surface area contributed by atoms with Gasteiger partial charge in [-0.15, -0.1) is 23.5 Å². The zero-order valence-electron chi connectivity index (χ0n) is 31.0. The Morgan fingerprint density at radius 1 is 0.604 bits per heavy atom. The fourth-order valence-corrected chi connectivity index (χ4v) is 12.7. The summed E-state index contributed by atoms with van der Waals surface area (Å²) in [6, 6.07) is 34.6. The molecular weight excluding hydrogens is 693 g/mol. The van der Waals surface area contributed by atoms with Crippen molar-refractivity contribution in [3.8, 4) is 22.9 Å². The van der Waals surface area contributed by atoms with Crippen molar-refractivity contribution >= 4 is 34.9 Å². The van der Waals surface area contributed by atoms with Crippen molar-refractivity contribution in [1.82, 2.24) is 19.6 Å². The fraction of sp³-hybridized carbons (Fsp3) is 0.318. The average molecular weight is 737 g/mol. The first-order chi connectivity index (χ1) is 25.6. The van der Waals surface area contributed by atoms with Crippen molar-refractivity contribution in [1.29, 1.82) is 0 Å². The van der Waals surface area contributed by atoms with Crippen LogP contribution in [0.3, 0.4) is 0 Å². The van der Waals surface area contributed by atoms with Gasteiger partial charge in [0.25, 0.3) is 0 Å². The molecule has 4 aliphatic heterocycles. The minimum Gasteiger partial charge on any atom is -0.457 e. The van der Waals surface area contributed by atoms with Crippen molar-refractivity contribution in [2.45, 2.75) is 74.5 Å². The molecule has 0 fully saturated rings. The van der Waals surface area contributed by atoms with Crippen molar-refractivity contribution in [2.75, 3.05) is 22.1 Å². The first-order valence-electron chi connectivity index (χ1n) is 18.6. The normalized spacial score (nSPS) is 22.8. The minimum atomic E-state index is -0.0721. The molecule has 2 aromatic heterocycles. The fourth-order valence-electron chi connectivity index (χ4n) is 9.41. The molecule has 0 amide bonds. The first kappa shape index (κ1) is 33.0. The second-order valence-electron chi connectivity index (χ2n) is 16.1. The number of benzene rings is 4. The van der Waals surface area contributed by atoms with Gasteiger partial charge in [-0.3, -0.25) is 0 Å². The molecule has 53 heavy (non-hydrogen) atoms. The molecule has 2 N–H and O–H groups in total. The van der Waals surface area contributed by atoms with E-state index in [9.17, 15) is 0 Å². The van der Waals surface area contributed by atoms with Gasteiger partial charge >= 0.3 is 0 Å². The zero-order chi connectivity index (χ0) is 36.2. The Bertz CT molecular complexity index is 2230. The lowest BCUT2D eigenvalue weighted by Crippen LogP contribution is -2.44. The summed E-state index contributed by atoms with van der Waals surface area (Å²) in [5, 5.41) is 20.5. The number of nitrogens with zero attached hydrogens (tertiary/aromatic N) is 4. The number of rotatable bonds is 4. The maximum absolute atomic E-state index is 6.73. The van der Waals surface area contributed by atoms with E-state index >= 15 is 0 Å². The van der Waals surface area contributed by atoms with Gasteiger partial charge in [0.05, 0.1) is 34.8 Å². The van der Waals surface area contributed by atoms with E-state index in [1.165, 1.54) is 43.7 Å². The van der Waals surface area contributed by atoms with Crippen molar-refractivity contribution < 1.29 is 4.74 Å². The van der Waals surface area contributed by atoms with E-state index in [2.05, 4.69) is 159 Å². The van der Waals surface area contributed by atoms with Crippen molar-refractivity contribution in [2.24, 2.45) is 11.8 Å². The first-order valence-corrected chi connectivity index (χ1v) is 20.6. The number of hydrogen-bond donors (Lipinski definition) is 2. The second-order valence-corrected chi connectivity index (χ2v) is 18.2. The predicted molar refractivity (Wildman–Crippen MR) is 217 cm³/mol. The molecule has 10 rings (SSSR count). The SMILES string of the molecule is Cc1nn(-c2ccccc2)c2c1[C@H]1Nc3ccc(Oc4ccc5c(c4)C(C)(C)[C@@H]4CSc6c(c(C)nn6-c6ccccc6)[C@@H]4N5)cc3C(C)(C)[C@@H]1CS2. The summed E-state index contributed by atoms with van der Waals surface area (Å²) in [4.78, 5) is 0. The molecule has 4 aromatic carbocycles. The topological polar surface area (TPSA) is 68.9 Å². The minimum absolute atomic E-state index is 0.0721. The summed E-state index contributed by atoms with van der Waals surface area (Å²) >= 11 is 3.87. The van der Waals surface area contributed by atoms with Crippen LogP contribution in [0.4, 0.5) is 11.4 Å². The van der Waals surface area contributed by atoms with Crippen LogP contribution in [0.1, 0.15) is 73.4 Å². The lowest BCUT2D eigenvalue weighted by Gasteiger charge is -2.48. The number of nitrogens with one attached hydrogen (secondary N) is 2. The van der Waals surface area contributed by atoms with E-state index in [1.54, 1.807) is 0 Å². The molecule has 0 spiro atoms. The number of thioether (sulfide) groups is 2. The quantitative estimate of drug-likeness (QED) is 0.187. The van der Waals surface area contributed by atoms with Crippen molar-refractivity contribution in [3.63, 3.8) is 0 Å². The molecule has 4 aliphatic rings. The summed E-state index contributed by atoms with van der Waals surface area (Å²) in [6.45, 7) is 13.9. The Morgan fingerprint density at radius 3 is 1.43 bits per heavy atom. The highest BCUT2D eigenvalue weighted by Gasteiger charge is 2.49. The molecule has 268 valence electrons. The smallest absolute Gasteiger partial charge is 0.127 e. The van der Waals surface area contributed by atoms with E-state index in [-0.39, 0.29) is 22.9 Å². The molecule has 0 saturated carbocycles. The summed E-state index contributed by atoms with van der Waals surface area (Å²) in [5.74, 6) is 4.57. The van der Waals surface area contributed by atoms with Crippen LogP contribution in [0.2, 0.25) is 0 Å². The highest BCUT2D eigenvalue weighted by molar-refractivity contribution is 7.99. The molecule has 0 radical (unpaired) electrons. The van der Waals surface area contributed by atoms with Crippen LogP contribution in [0.25, 0.3) is 11.4 Å². The summed E-state index contributed by atoms with van der Waals surface area (Å²) in [6.07, 6.45) is 0. The molecular formula is C44H44N6OS2. The molecule has 0 bridgehead atoms. The van der Waals surface area contributed by atoms with E-state index in [1.807, 2.05) is 23.5 Å². The van der Waals surface area contributed by atoms with E-state index in [4.69, 9.17) is 14.9 Å². The Labute approximate surface area is 319 Å². The monoisotopic (exact) mass is 736 g/mol. The number of fused-ring (bicyclic) bond motifs is 8. The highest BCUT2D eigenvalue weighted by Crippen LogP contribution is 2.57. The van der Waals surface area contributed by atoms with E-state index < -0.39 is 0 Å². The van der Waals surface area contributed by atoms with Crippen LogP contribution in [0, 0.1) is 25.7 Å². The third-order valence-corrected chi connectivity index (χ3v) is 14.8. The van der Waals surface area contributed by atoms with Gasteiger partial charge in [-0.2, -0.15) is 10.2 Å². The lowest BCUT2D eigenvalue weighted by atomic mass is 9.66. The van der Waals surface area contributed by atoms with Crippen molar-refractivity contribution in [3.05, 3.63) is 131 Å². The Morgan fingerprint density at radius 2 is 1.02 bits per heavy atom. The Balaban J connectivity index is 0.937. The summed E-state index contributed by atoms with van der Waals surface area (Å²) in [7, 11) is 0. The van der Waals surface area contributed by atoms with Gasteiger partial charge in [0.1, 0.15) is 21.6 Å². The van der Waals surface area contributed by atoms with Crippen LogP contribution >= 0.6 is 23.5 Å². The summed E-state index contributed by atoms with van der Waals surface area (Å²) < 4.78 is 11.0. The largest absolute Gasteiger partial charge is 0.457 e. The highest BCUT2D eigenvalue weighted by atomic mass is 32.2. The molecule has 4 atom stereocenters. The molecule has 0 unspecified atom stereocenters. The average Bonchev–Trinajstić information content (AvgIpc) is 3.69. The third kappa shape index (κ3) is 5.03. The number of anilines is 2. The van der Waals surface area contributed by atoms with Gasteiger partial charge in [0, 0.05) is 45.8 Å². The lowest BCUT2D eigenvalue weighted by molar-refractivity contribution is 0.290. The maximum Gasteiger partial charge on any atom is 0.127 e. The molecule has 7 nitrogen and oxygen atoms in total. The molecule has 0 aliphatic carbocycles. The Hall–Kier alpha value is -4.60. The van der Waals surface area contributed by atoms with Gasteiger partial charge in [-0.05, 0) is 96.5 Å². The molecule has 9 heteroatoms. The molecule has 0 saturated heterocycles. The predicted octanol–water partition coefficient (Wildman–Crippen LogP) is 10.8. The number of ether oxygens (including phenoxy) is 1. The molecule has 6 aromatic rings. The van der Waals surface area contributed by atoms with Gasteiger partial charge in [-0.25, -0.2) is 9.36 Å². The van der Waals surface area contributed by atoms with Gasteiger partial charge in [0.15, 0.2) is 0 Å². The van der Waals surface area contributed by atoms with Crippen LogP contribution in [0.5, 0.6) is 11.5 Å². The van der Waals surface area contributed by atoms with Crippen LogP contribution in [-0.2, 0) is 10.8 Å². The number of aromatic nitrogens is 4. The third-order valence-electron chi connectivity index (χ3n) is 12.4. The van der Waals surface area contributed by atoms with Crippen LogP contribution in [0.15, 0.2) is 107 Å². The zero-order valence-corrected chi connectivity index (χ0v) is 32.6. The van der Waals surface area contributed by atoms with Crippen LogP contribution < -0.4 is 15.4 Å². The number of aryl methyl sites for hydroxylation is 2. The van der Waals surface area contributed by atoms with Crippen LogP contribution in [-0.4, -0.2) is 31.1 Å². The molecule has 6 heterocycles. The number of hydrogen-bond acceptors (Lipinski definition) is 7. The van der Waals surface area contributed by atoms with Gasteiger partial charge in [-0.1, -0.05) is 64.1 Å². The maximum atomic E-state index is 6.73. The van der Waals surface area contributed by atoms with Gasteiger partial charge < -0.3 is 15.4 Å². The van der Waals surface area contributed by atoms with E-state index in [0.29, 0.717) is 11.8 Å². The standard InChI is InChI=1S/C44H44N6OS2/c1-25-37-39-33(23-52-41(37)49(47-25)27-13-9-7-10-14-27)43(3,4)31-21-29(17-19-35(31)45-39)51-30-18-20-36-32(22-30)44(5,6)34-24-53-42-38(40(34)46-36)26(2)48-50(42)28-15-11-8-12-16-28/h7-22,33-34,39-40,45-46H,23-24H2,1-6H3/t33-,34-,39-,40+/m1/s1. The second kappa shape index (κ2) is 12.0. The van der Waals surface area contributed by atoms with E-state index in [0.717, 1.165) is 45.8 Å². The number of para-hydroxylation sites is 2. The van der Waals surface area contributed by atoms with Gasteiger partial charge in [0.2, 0.25) is 0 Å². The summed E-state index contributed by atoms with van der Waals surface area (Å²) in [5.41, 5.74) is 11.9.